The van der Waals surface area contributed by atoms with Crippen molar-refractivity contribution in [1.29, 1.82) is 0 Å². The molecule has 3 rings (SSSR count). The number of nitrogens with zero attached hydrogens (tertiary/aromatic N) is 3. The Balaban J connectivity index is 1.60. The number of rotatable bonds is 8. The van der Waals surface area contributed by atoms with Gasteiger partial charge in [0.1, 0.15) is 0 Å². The highest BCUT2D eigenvalue weighted by Gasteiger charge is 2.15. The lowest BCUT2D eigenvalue weighted by Gasteiger charge is -2.07. The zero-order valence-electron chi connectivity index (χ0n) is 14.9. The van der Waals surface area contributed by atoms with Crippen LogP contribution in [0.1, 0.15) is 24.3 Å². The Hall–Kier alpha value is -2.12. The lowest BCUT2D eigenvalue weighted by molar-refractivity contribution is -0.118. The van der Waals surface area contributed by atoms with Crippen molar-refractivity contribution in [1.82, 2.24) is 20.1 Å². The van der Waals surface area contributed by atoms with Crippen LogP contribution in [0.15, 0.2) is 46.9 Å². The molecule has 2 heterocycles. The van der Waals surface area contributed by atoms with Gasteiger partial charge in [-0.15, -0.1) is 21.5 Å². The molecule has 0 saturated carbocycles. The van der Waals surface area contributed by atoms with Gasteiger partial charge in [-0.1, -0.05) is 49.0 Å². The summed E-state index contributed by atoms with van der Waals surface area (Å²) in [6, 6.07) is 12.1. The minimum absolute atomic E-state index is 0.00476. The Morgan fingerprint density at radius 1 is 1.23 bits per heavy atom. The summed E-state index contributed by atoms with van der Waals surface area (Å²) in [5.74, 6) is 1.19. The van der Waals surface area contributed by atoms with Crippen LogP contribution in [0.2, 0.25) is 0 Å². The van der Waals surface area contributed by atoms with E-state index >= 15 is 0 Å². The highest BCUT2D eigenvalue weighted by atomic mass is 32.2. The van der Waals surface area contributed by atoms with Crippen molar-refractivity contribution in [3.05, 3.63) is 52.2 Å². The third-order valence-electron chi connectivity index (χ3n) is 3.96. The molecule has 0 bridgehead atoms. The lowest BCUT2D eigenvalue weighted by atomic mass is 10.2. The van der Waals surface area contributed by atoms with Gasteiger partial charge in [-0.05, 0) is 25.0 Å². The number of amides is 1. The van der Waals surface area contributed by atoms with Gasteiger partial charge in [-0.25, -0.2) is 0 Å². The maximum absolute atomic E-state index is 12.1. The fraction of sp³-hybridized carbons (Fsp3) is 0.316. The van der Waals surface area contributed by atoms with E-state index in [0.717, 1.165) is 35.1 Å². The molecule has 2 aromatic heterocycles. The number of thiophene rings is 1. The van der Waals surface area contributed by atoms with E-state index in [9.17, 15) is 4.79 Å². The first kappa shape index (κ1) is 18.7. The Morgan fingerprint density at radius 2 is 2.04 bits per heavy atom. The van der Waals surface area contributed by atoms with Gasteiger partial charge in [-0.3, -0.25) is 4.79 Å². The van der Waals surface area contributed by atoms with E-state index in [1.807, 2.05) is 30.3 Å². The Kier molecular flexibility index (Phi) is 6.46. The molecule has 7 heteroatoms. The van der Waals surface area contributed by atoms with Gasteiger partial charge in [0.2, 0.25) is 5.91 Å². The molecule has 0 fully saturated rings. The van der Waals surface area contributed by atoms with Crippen molar-refractivity contribution in [2.75, 3.05) is 5.75 Å². The van der Waals surface area contributed by atoms with Crippen molar-refractivity contribution in [3.8, 4) is 11.4 Å². The maximum atomic E-state index is 12.1. The number of hydrogen-bond acceptors (Lipinski definition) is 5. The summed E-state index contributed by atoms with van der Waals surface area (Å²) in [7, 11) is 0. The second-order valence-electron chi connectivity index (χ2n) is 5.76. The van der Waals surface area contributed by atoms with E-state index in [1.165, 1.54) is 16.6 Å². The number of aryl methyl sites for hydroxylation is 1. The molecule has 5 nitrogen and oxygen atoms in total. The van der Waals surface area contributed by atoms with E-state index in [4.69, 9.17) is 0 Å². The number of carbonyl (C=O) groups is 1. The highest BCUT2D eigenvalue weighted by Crippen LogP contribution is 2.27. The van der Waals surface area contributed by atoms with E-state index in [1.54, 1.807) is 11.3 Å². The van der Waals surface area contributed by atoms with E-state index < -0.39 is 0 Å². The molecule has 0 radical (unpaired) electrons. The summed E-state index contributed by atoms with van der Waals surface area (Å²) in [5, 5.41) is 14.5. The number of carbonyl (C=O) groups excluding carboxylic acids is 1. The molecule has 0 atom stereocenters. The van der Waals surface area contributed by atoms with Crippen LogP contribution in [0.5, 0.6) is 0 Å². The van der Waals surface area contributed by atoms with E-state index in [2.05, 4.69) is 45.4 Å². The fourth-order valence-electron chi connectivity index (χ4n) is 2.56. The molecule has 136 valence electrons. The molecular weight excluding hydrogens is 364 g/mol. The van der Waals surface area contributed by atoms with Crippen molar-refractivity contribution in [3.63, 3.8) is 0 Å². The molecule has 26 heavy (non-hydrogen) atoms. The zero-order chi connectivity index (χ0) is 18.4. The van der Waals surface area contributed by atoms with E-state index in [0.29, 0.717) is 12.3 Å². The van der Waals surface area contributed by atoms with Crippen molar-refractivity contribution < 1.29 is 4.79 Å². The topological polar surface area (TPSA) is 59.8 Å². The van der Waals surface area contributed by atoms with E-state index in [-0.39, 0.29) is 5.91 Å². The Bertz CT molecular complexity index is 858. The first-order valence-corrected chi connectivity index (χ1v) is 10.5. The number of hydrogen-bond donors (Lipinski definition) is 1. The van der Waals surface area contributed by atoms with Gasteiger partial charge in [0.05, 0.1) is 5.75 Å². The van der Waals surface area contributed by atoms with Crippen LogP contribution < -0.4 is 5.32 Å². The van der Waals surface area contributed by atoms with Gasteiger partial charge in [0.15, 0.2) is 11.0 Å². The Morgan fingerprint density at radius 3 is 2.73 bits per heavy atom. The van der Waals surface area contributed by atoms with Crippen LogP contribution in [0.4, 0.5) is 0 Å². The maximum Gasteiger partial charge on any atom is 0.230 e. The predicted molar refractivity (Wildman–Crippen MR) is 107 cm³/mol. The predicted octanol–water partition coefficient (Wildman–Crippen LogP) is 4.00. The first-order valence-electron chi connectivity index (χ1n) is 8.65. The summed E-state index contributed by atoms with van der Waals surface area (Å²) in [5.41, 5.74) is 2.19. The minimum atomic E-state index is -0.00476. The summed E-state index contributed by atoms with van der Waals surface area (Å²) in [6.07, 6.45) is 1.02. The zero-order valence-corrected chi connectivity index (χ0v) is 16.6. The number of aromatic nitrogens is 3. The molecule has 1 amide bonds. The minimum Gasteiger partial charge on any atom is -0.351 e. The normalized spacial score (nSPS) is 10.8. The second kappa shape index (κ2) is 9.00. The standard InChI is InChI=1S/C19H22N4OS2/c1-3-16-10-15(12-25-16)18-21-22-19(23(18)4-2)26-13-17(24)20-11-14-8-6-5-7-9-14/h5-10,12H,3-4,11,13H2,1-2H3,(H,20,24). The fourth-order valence-corrected chi connectivity index (χ4v) is 4.20. The van der Waals surface area contributed by atoms with Gasteiger partial charge in [-0.2, -0.15) is 0 Å². The number of benzene rings is 1. The van der Waals surface area contributed by atoms with Crippen LogP contribution in [-0.4, -0.2) is 26.4 Å². The quantitative estimate of drug-likeness (QED) is 0.595. The van der Waals surface area contributed by atoms with Gasteiger partial charge in [0, 0.05) is 28.9 Å². The molecule has 0 spiro atoms. The van der Waals surface area contributed by atoms with Crippen molar-refractivity contribution in [2.24, 2.45) is 0 Å². The molecule has 1 N–H and O–H groups in total. The van der Waals surface area contributed by atoms with Crippen LogP contribution in [-0.2, 0) is 24.3 Å². The molecule has 0 saturated heterocycles. The Labute approximate surface area is 161 Å². The molecular formula is C19H22N4OS2. The molecule has 1 aromatic carbocycles. The third kappa shape index (κ3) is 4.53. The number of thioether (sulfide) groups is 1. The van der Waals surface area contributed by atoms with Crippen molar-refractivity contribution in [2.45, 2.75) is 38.5 Å². The summed E-state index contributed by atoms with van der Waals surface area (Å²) < 4.78 is 2.07. The van der Waals surface area contributed by atoms with Crippen LogP contribution in [0, 0.1) is 0 Å². The summed E-state index contributed by atoms with van der Waals surface area (Å²) >= 11 is 3.17. The highest BCUT2D eigenvalue weighted by molar-refractivity contribution is 7.99. The van der Waals surface area contributed by atoms with Gasteiger partial charge in [0.25, 0.3) is 0 Å². The second-order valence-corrected chi connectivity index (χ2v) is 7.69. The number of nitrogens with one attached hydrogen (secondary N) is 1. The largest absolute Gasteiger partial charge is 0.351 e. The molecule has 3 aromatic rings. The average molecular weight is 387 g/mol. The summed E-state index contributed by atoms with van der Waals surface area (Å²) in [4.78, 5) is 13.5. The van der Waals surface area contributed by atoms with Crippen LogP contribution in [0.3, 0.4) is 0 Å². The lowest BCUT2D eigenvalue weighted by Crippen LogP contribution is -2.24. The van der Waals surface area contributed by atoms with Crippen molar-refractivity contribution >= 4 is 29.0 Å². The van der Waals surface area contributed by atoms with Crippen LogP contribution >= 0.6 is 23.1 Å². The molecule has 0 aliphatic carbocycles. The SMILES string of the molecule is CCc1cc(-c2nnc(SCC(=O)NCc3ccccc3)n2CC)cs1. The van der Waals surface area contributed by atoms with Gasteiger partial charge < -0.3 is 9.88 Å². The smallest absolute Gasteiger partial charge is 0.230 e. The third-order valence-corrected chi connectivity index (χ3v) is 6.01. The summed E-state index contributed by atoms with van der Waals surface area (Å²) in [6.45, 7) is 5.53. The molecule has 0 aliphatic rings. The van der Waals surface area contributed by atoms with Crippen LogP contribution in [0.25, 0.3) is 11.4 Å². The molecule has 0 aliphatic heterocycles. The first-order chi connectivity index (χ1) is 12.7. The van der Waals surface area contributed by atoms with Gasteiger partial charge >= 0.3 is 0 Å². The monoisotopic (exact) mass is 386 g/mol. The average Bonchev–Trinajstić information content (AvgIpc) is 3.31. The molecule has 0 unspecified atom stereocenters.